The molecule has 2 rings (SSSR count). The maximum atomic E-state index is 12.8. The van der Waals surface area contributed by atoms with E-state index in [4.69, 9.17) is 11.6 Å². The first-order valence-corrected chi connectivity index (χ1v) is 7.63. The number of hydrogen-bond donors (Lipinski definition) is 1. The van der Waals surface area contributed by atoms with Crippen LogP contribution in [0, 0.1) is 0 Å². The van der Waals surface area contributed by atoms with Crippen LogP contribution in [0.2, 0.25) is 5.02 Å². The predicted molar refractivity (Wildman–Crippen MR) is 86.2 cm³/mol. The van der Waals surface area contributed by atoms with Gasteiger partial charge in [0.15, 0.2) is 0 Å². The zero-order valence-corrected chi connectivity index (χ0v) is 13.9. The second kappa shape index (κ2) is 7.65. The van der Waals surface area contributed by atoms with Crippen molar-refractivity contribution in [1.29, 1.82) is 0 Å². The Labute approximate surface area is 147 Å². The lowest BCUT2D eigenvalue weighted by Gasteiger charge is -2.11. The number of benzene rings is 1. The molecule has 0 unspecified atom stereocenters. The minimum atomic E-state index is -4.57. The monoisotopic (exact) mass is 370 g/mol. The number of carbonyl (C=O) groups is 2. The van der Waals surface area contributed by atoms with Crippen LogP contribution in [0.3, 0.4) is 0 Å². The normalized spacial score (nSPS) is 11.2. The van der Waals surface area contributed by atoms with Gasteiger partial charge in [-0.2, -0.15) is 13.2 Å². The summed E-state index contributed by atoms with van der Waals surface area (Å²) in [5.74, 6) is -0.568. The van der Waals surface area contributed by atoms with Gasteiger partial charge in [-0.1, -0.05) is 17.7 Å². The fraction of sp³-hybridized carbons (Fsp3) is 0.235. The van der Waals surface area contributed by atoms with E-state index in [-0.39, 0.29) is 29.9 Å². The Balaban J connectivity index is 2.09. The Kier molecular flexibility index (Phi) is 5.79. The number of amides is 1. The molecule has 8 heteroatoms. The van der Waals surface area contributed by atoms with Gasteiger partial charge < -0.3 is 5.32 Å². The lowest BCUT2D eigenvalue weighted by atomic mass is 10.1. The van der Waals surface area contributed by atoms with Gasteiger partial charge in [0.05, 0.1) is 10.6 Å². The summed E-state index contributed by atoms with van der Waals surface area (Å²) in [4.78, 5) is 27.2. The molecular formula is C17H14ClF3N2O2. The third-order valence-corrected chi connectivity index (χ3v) is 3.63. The fourth-order valence-electron chi connectivity index (χ4n) is 2.16. The molecule has 0 radical (unpaired) electrons. The van der Waals surface area contributed by atoms with Crippen LogP contribution in [0.25, 0.3) is 0 Å². The van der Waals surface area contributed by atoms with Crippen molar-refractivity contribution in [3.8, 4) is 0 Å². The van der Waals surface area contributed by atoms with Crippen molar-refractivity contribution in [2.24, 2.45) is 0 Å². The Morgan fingerprint density at radius 1 is 1.20 bits per heavy atom. The van der Waals surface area contributed by atoms with E-state index in [1.165, 1.54) is 31.3 Å². The van der Waals surface area contributed by atoms with Crippen LogP contribution < -0.4 is 5.32 Å². The summed E-state index contributed by atoms with van der Waals surface area (Å²) in [5.41, 5.74) is 0.0407. The molecule has 1 aromatic carbocycles. The van der Waals surface area contributed by atoms with E-state index >= 15 is 0 Å². The van der Waals surface area contributed by atoms with Crippen LogP contribution >= 0.6 is 11.6 Å². The molecular weight excluding hydrogens is 357 g/mol. The number of pyridine rings is 1. The summed E-state index contributed by atoms with van der Waals surface area (Å²) in [7, 11) is 0. The van der Waals surface area contributed by atoms with E-state index in [1.54, 1.807) is 0 Å². The molecule has 1 aromatic heterocycles. The molecule has 25 heavy (non-hydrogen) atoms. The zero-order valence-electron chi connectivity index (χ0n) is 13.2. The molecule has 0 saturated heterocycles. The molecule has 0 bridgehead atoms. The van der Waals surface area contributed by atoms with Crippen molar-refractivity contribution in [2.75, 3.05) is 0 Å². The molecule has 1 amide bonds. The van der Waals surface area contributed by atoms with Crippen molar-refractivity contribution in [3.05, 3.63) is 63.9 Å². The number of alkyl halides is 3. The summed E-state index contributed by atoms with van der Waals surface area (Å²) in [5, 5.41) is 2.13. The maximum absolute atomic E-state index is 12.8. The van der Waals surface area contributed by atoms with Crippen LogP contribution in [0.1, 0.15) is 34.1 Å². The van der Waals surface area contributed by atoms with E-state index in [2.05, 4.69) is 10.3 Å². The Bertz CT molecular complexity index is 807. The highest BCUT2D eigenvalue weighted by Crippen LogP contribution is 2.35. The Morgan fingerprint density at radius 2 is 1.92 bits per heavy atom. The number of carbonyl (C=O) groups excluding carboxylic acids is 2. The summed E-state index contributed by atoms with van der Waals surface area (Å²) in [6, 6.07) is 6.38. The number of halogens is 4. The second-order valence-electron chi connectivity index (χ2n) is 5.41. The standard InChI is InChI=1S/C17H14ClF3N2O2/c1-10(24)6-13-8-12(4-5-22-13)16(25)23-9-11-2-3-15(18)14(7-11)17(19,20)21/h2-5,7-8H,6,9H2,1H3,(H,23,25). The van der Waals surface area contributed by atoms with E-state index in [1.807, 2.05) is 0 Å². The molecule has 1 heterocycles. The van der Waals surface area contributed by atoms with Crippen LogP contribution in [-0.2, 0) is 23.9 Å². The topological polar surface area (TPSA) is 59.1 Å². The van der Waals surface area contributed by atoms with E-state index in [0.29, 0.717) is 5.69 Å². The van der Waals surface area contributed by atoms with E-state index in [9.17, 15) is 22.8 Å². The predicted octanol–water partition coefficient (Wildman–Crippen LogP) is 3.82. The summed E-state index contributed by atoms with van der Waals surface area (Å²) >= 11 is 5.56. The van der Waals surface area contributed by atoms with Crippen LogP contribution in [0.5, 0.6) is 0 Å². The minimum absolute atomic E-state index is 0.0918. The van der Waals surface area contributed by atoms with Gasteiger partial charge in [-0.05, 0) is 36.8 Å². The Morgan fingerprint density at radius 3 is 2.56 bits per heavy atom. The molecule has 0 fully saturated rings. The van der Waals surface area contributed by atoms with Gasteiger partial charge in [0, 0.05) is 30.4 Å². The first-order chi connectivity index (χ1) is 11.7. The van der Waals surface area contributed by atoms with Crippen molar-refractivity contribution >= 4 is 23.3 Å². The quantitative estimate of drug-likeness (QED) is 0.870. The van der Waals surface area contributed by atoms with Crippen LogP contribution in [0.4, 0.5) is 13.2 Å². The van der Waals surface area contributed by atoms with Crippen molar-refractivity contribution in [1.82, 2.24) is 10.3 Å². The average molecular weight is 371 g/mol. The first-order valence-electron chi connectivity index (χ1n) is 7.25. The molecule has 2 aromatic rings. The second-order valence-corrected chi connectivity index (χ2v) is 5.82. The minimum Gasteiger partial charge on any atom is -0.348 e. The molecule has 4 nitrogen and oxygen atoms in total. The number of hydrogen-bond acceptors (Lipinski definition) is 3. The number of Topliss-reactive ketones (excluding diaryl/α,β-unsaturated/α-hetero) is 1. The molecule has 0 atom stereocenters. The van der Waals surface area contributed by atoms with Crippen molar-refractivity contribution < 1.29 is 22.8 Å². The highest BCUT2D eigenvalue weighted by Gasteiger charge is 2.33. The Hall–Kier alpha value is -2.41. The molecule has 132 valence electrons. The van der Waals surface area contributed by atoms with Crippen molar-refractivity contribution in [3.63, 3.8) is 0 Å². The third kappa shape index (κ3) is 5.29. The maximum Gasteiger partial charge on any atom is 0.417 e. The molecule has 0 aliphatic carbocycles. The van der Waals surface area contributed by atoms with Gasteiger partial charge in [-0.15, -0.1) is 0 Å². The van der Waals surface area contributed by atoms with Gasteiger partial charge in [-0.3, -0.25) is 14.6 Å². The van der Waals surface area contributed by atoms with Crippen LogP contribution in [-0.4, -0.2) is 16.7 Å². The number of ketones is 1. The van der Waals surface area contributed by atoms with Gasteiger partial charge in [0.2, 0.25) is 0 Å². The van der Waals surface area contributed by atoms with Gasteiger partial charge in [0.1, 0.15) is 5.78 Å². The molecule has 0 aliphatic rings. The van der Waals surface area contributed by atoms with Gasteiger partial charge in [0.25, 0.3) is 5.91 Å². The van der Waals surface area contributed by atoms with Gasteiger partial charge >= 0.3 is 6.18 Å². The van der Waals surface area contributed by atoms with E-state index in [0.717, 1.165) is 12.1 Å². The highest BCUT2D eigenvalue weighted by molar-refractivity contribution is 6.31. The third-order valence-electron chi connectivity index (χ3n) is 3.30. The number of rotatable bonds is 5. The number of aromatic nitrogens is 1. The molecule has 0 saturated carbocycles. The summed E-state index contributed by atoms with van der Waals surface area (Å²) < 4.78 is 38.5. The van der Waals surface area contributed by atoms with Gasteiger partial charge in [-0.25, -0.2) is 0 Å². The summed E-state index contributed by atoms with van der Waals surface area (Å²) in [6.45, 7) is 1.32. The van der Waals surface area contributed by atoms with E-state index < -0.39 is 22.7 Å². The zero-order chi connectivity index (χ0) is 18.6. The molecule has 1 N–H and O–H groups in total. The number of nitrogens with zero attached hydrogens (tertiary/aromatic N) is 1. The fourth-order valence-corrected chi connectivity index (χ4v) is 2.38. The molecule has 0 spiro atoms. The number of nitrogens with one attached hydrogen (secondary N) is 1. The largest absolute Gasteiger partial charge is 0.417 e. The highest BCUT2D eigenvalue weighted by atomic mass is 35.5. The van der Waals surface area contributed by atoms with Crippen LogP contribution in [0.15, 0.2) is 36.5 Å². The lowest BCUT2D eigenvalue weighted by molar-refractivity contribution is -0.137. The molecule has 0 aliphatic heterocycles. The van der Waals surface area contributed by atoms with Crippen molar-refractivity contribution in [2.45, 2.75) is 26.1 Å². The lowest BCUT2D eigenvalue weighted by Crippen LogP contribution is -2.23. The summed E-state index contributed by atoms with van der Waals surface area (Å²) in [6.07, 6.45) is -3.06. The smallest absolute Gasteiger partial charge is 0.348 e. The average Bonchev–Trinajstić information content (AvgIpc) is 2.52. The first kappa shape index (κ1) is 18.9. The SMILES string of the molecule is CC(=O)Cc1cc(C(=O)NCc2ccc(Cl)c(C(F)(F)F)c2)ccn1.